The number of anilines is 2. The van der Waals surface area contributed by atoms with Crippen molar-refractivity contribution < 1.29 is 17.7 Å². The van der Waals surface area contributed by atoms with E-state index in [-0.39, 0.29) is 16.4 Å². The van der Waals surface area contributed by atoms with Crippen molar-refractivity contribution in [3.05, 3.63) is 57.4 Å². The summed E-state index contributed by atoms with van der Waals surface area (Å²) < 4.78 is 40.1. The molecule has 0 aliphatic rings. The van der Waals surface area contributed by atoms with Crippen molar-refractivity contribution in [1.29, 1.82) is 0 Å². The highest BCUT2D eigenvalue weighted by Gasteiger charge is 2.22. The molecule has 116 valence electrons. The van der Waals surface area contributed by atoms with Crippen LogP contribution in [0, 0.1) is 15.9 Å². The predicted molar refractivity (Wildman–Crippen MR) is 79.7 cm³/mol. The maximum atomic E-state index is 13.8. The molecular weight excluding hydrogens is 337 g/mol. The summed E-state index contributed by atoms with van der Waals surface area (Å²) in [4.78, 5) is 9.36. The molecule has 0 unspecified atom stereocenters. The van der Waals surface area contributed by atoms with Crippen LogP contribution in [0.4, 0.5) is 21.5 Å². The third-order valence-electron chi connectivity index (χ3n) is 2.69. The molecule has 0 saturated heterocycles. The summed E-state index contributed by atoms with van der Waals surface area (Å²) >= 11 is 5.54. The Bertz CT molecular complexity index is 857. The molecule has 0 heterocycles. The number of nitro groups is 1. The first-order valence-corrected chi connectivity index (χ1v) is 7.59. The summed E-state index contributed by atoms with van der Waals surface area (Å²) in [6, 6.07) is 6.83. The van der Waals surface area contributed by atoms with E-state index in [1.165, 1.54) is 24.3 Å². The first-order chi connectivity index (χ1) is 10.2. The fourth-order valence-corrected chi connectivity index (χ4v) is 3.05. The van der Waals surface area contributed by atoms with Gasteiger partial charge in [-0.15, -0.1) is 0 Å². The first-order valence-electron chi connectivity index (χ1n) is 5.73. The van der Waals surface area contributed by atoms with Crippen LogP contribution in [-0.4, -0.2) is 13.3 Å². The van der Waals surface area contributed by atoms with Gasteiger partial charge in [0.15, 0.2) is 5.82 Å². The van der Waals surface area contributed by atoms with Gasteiger partial charge in [0.05, 0.1) is 15.6 Å². The Morgan fingerprint density at radius 3 is 2.59 bits per heavy atom. The molecule has 0 bridgehead atoms. The van der Waals surface area contributed by atoms with Crippen LogP contribution in [-0.2, 0) is 10.0 Å². The molecule has 0 atom stereocenters. The molecule has 0 radical (unpaired) electrons. The van der Waals surface area contributed by atoms with Crippen LogP contribution >= 0.6 is 11.6 Å². The summed E-state index contributed by atoms with van der Waals surface area (Å²) in [5.74, 6) is -1.11. The van der Waals surface area contributed by atoms with Crippen molar-refractivity contribution in [3.8, 4) is 0 Å². The lowest BCUT2D eigenvalue weighted by molar-refractivity contribution is -0.383. The number of halogens is 2. The number of nitrogens with two attached hydrogens (primary N) is 1. The van der Waals surface area contributed by atoms with Crippen LogP contribution in [0.25, 0.3) is 0 Å². The molecular formula is C12H9ClFN3O4S. The Morgan fingerprint density at radius 1 is 1.27 bits per heavy atom. The minimum absolute atomic E-state index is 0.123. The summed E-state index contributed by atoms with van der Waals surface area (Å²) in [6.07, 6.45) is 0. The molecule has 22 heavy (non-hydrogen) atoms. The van der Waals surface area contributed by atoms with E-state index in [2.05, 4.69) is 0 Å². The van der Waals surface area contributed by atoms with Gasteiger partial charge >= 0.3 is 0 Å². The smallest absolute Gasteiger partial charge is 0.294 e. The Hall–Kier alpha value is -2.39. The normalized spacial score (nSPS) is 11.2. The van der Waals surface area contributed by atoms with Crippen molar-refractivity contribution in [1.82, 2.24) is 0 Å². The molecule has 0 fully saturated rings. The summed E-state index contributed by atoms with van der Waals surface area (Å²) in [7, 11) is -4.29. The van der Waals surface area contributed by atoms with E-state index in [9.17, 15) is 22.9 Å². The number of hydrogen-bond donors (Lipinski definition) is 2. The van der Waals surface area contributed by atoms with Gasteiger partial charge in [-0.1, -0.05) is 17.7 Å². The molecule has 0 aliphatic carbocycles. The lowest BCUT2D eigenvalue weighted by Crippen LogP contribution is -2.15. The molecule has 2 rings (SSSR count). The van der Waals surface area contributed by atoms with E-state index >= 15 is 0 Å². The fourth-order valence-electron chi connectivity index (χ4n) is 1.67. The highest BCUT2D eigenvalue weighted by atomic mass is 35.5. The van der Waals surface area contributed by atoms with Crippen LogP contribution in [0.5, 0.6) is 0 Å². The van der Waals surface area contributed by atoms with Crippen molar-refractivity contribution in [2.45, 2.75) is 4.90 Å². The third-order valence-corrected chi connectivity index (χ3v) is 4.38. The van der Waals surface area contributed by atoms with Crippen molar-refractivity contribution in [3.63, 3.8) is 0 Å². The number of nitro benzene ring substituents is 1. The minimum atomic E-state index is -4.29. The average Bonchev–Trinajstić information content (AvgIpc) is 2.43. The monoisotopic (exact) mass is 345 g/mol. The quantitative estimate of drug-likeness (QED) is 0.502. The number of nitrogen functional groups attached to an aromatic ring is 1. The van der Waals surface area contributed by atoms with Gasteiger partial charge in [-0.05, 0) is 24.3 Å². The van der Waals surface area contributed by atoms with Crippen LogP contribution < -0.4 is 10.5 Å². The zero-order chi connectivity index (χ0) is 16.5. The molecule has 7 nitrogen and oxygen atoms in total. The second-order valence-corrected chi connectivity index (χ2v) is 6.25. The van der Waals surface area contributed by atoms with Gasteiger partial charge < -0.3 is 5.73 Å². The number of benzene rings is 2. The largest absolute Gasteiger partial charge is 0.393 e. The SMILES string of the molecule is Nc1ccc(NS(=O)(=O)c2cccc(Cl)c2F)cc1[N+](=O)[O-]. The second kappa shape index (κ2) is 5.78. The van der Waals surface area contributed by atoms with E-state index in [1.54, 1.807) is 0 Å². The lowest BCUT2D eigenvalue weighted by atomic mass is 10.2. The van der Waals surface area contributed by atoms with Gasteiger partial charge in [-0.25, -0.2) is 12.8 Å². The van der Waals surface area contributed by atoms with E-state index in [4.69, 9.17) is 17.3 Å². The van der Waals surface area contributed by atoms with Crippen molar-refractivity contribution in [2.24, 2.45) is 0 Å². The number of hydrogen-bond acceptors (Lipinski definition) is 5. The molecule has 0 amide bonds. The number of sulfonamides is 1. The zero-order valence-electron chi connectivity index (χ0n) is 10.8. The Kier molecular flexibility index (Phi) is 4.20. The highest BCUT2D eigenvalue weighted by molar-refractivity contribution is 7.92. The number of nitrogens with zero attached hydrogens (tertiary/aromatic N) is 1. The van der Waals surface area contributed by atoms with E-state index in [1.807, 2.05) is 4.72 Å². The first kappa shape index (κ1) is 16.0. The van der Waals surface area contributed by atoms with Gasteiger partial charge in [0, 0.05) is 6.07 Å². The topological polar surface area (TPSA) is 115 Å². The number of nitrogens with one attached hydrogen (secondary N) is 1. The van der Waals surface area contributed by atoms with E-state index in [0.29, 0.717) is 0 Å². The van der Waals surface area contributed by atoms with Crippen molar-refractivity contribution in [2.75, 3.05) is 10.5 Å². The predicted octanol–water partition coefficient (Wildman–Crippen LogP) is 2.77. The molecule has 0 spiro atoms. The zero-order valence-corrected chi connectivity index (χ0v) is 12.4. The van der Waals surface area contributed by atoms with E-state index in [0.717, 1.165) is 12.1 Å². The molecule has 2 aromatic rings. The van der Waals surface area contributed by atoms with E-state index < -0.39 is 31.3 Å². The second-order valence-electron chi connectivity index (χ2n) is 4.19. The van der Waals surface area contributed by atoms with Crippen LogP contribution in [0.3, 0.4) is 0 Å². The van der Waals surface area contributed by atoms with Gasteiger partial charge in [0.1, 0.15) is 10.6 Å². The van der Waals surface area contributed by atoms with Gasteiger partial charge in [-0.2, -0.15) is 0 Å². The maximum absolute atomic E-state index is 13.8. The average molecular weight is 346 g/mol. The molecule has 10 heteroatoms. The van der Waals surface area contributed by atoms with Gasteiger partial charge in [0.25, 0.3) is 15.7 Å². The lowest BCUT2D eigenvalue weighted by Gasteiger charge is -2.10. The van der Waals surface area contributed by atoms with Gasteiger partial charge in [0.2, 0.25) is 0 Å². The molecule has 0 aliphatic heterocycles. The Morgan fingerprint density at radius 2 is 1.95 bits per heavy atom. The van der Waals surface area contributed by atoms with Crippen LogP contribution in [0.2, 0.25) is 5.02 Å². The maximum Gasteiger partial charge on any atom is 0.294 e. The summed E-state index contributed by atoms with van der Waals surface area (Å²) in [6.45, 7) is 0. The van der Waals surface area contributed by atoms with Crippen molar-refractivity contribution >= 4 is 38.7 Å². The molecule has 3 N–H and O–H groups in total. The summed E-state index contributed by atoms with van der Waals surface area (Å²) in [5.41, 5.74) is 4.70. The molecule has 0 aromatic heterocycles. The standard InChI is InChI=1S/C12H9ClFN3O4S/c13-8-2-1-3-11(12(8)14)22(20,21)16-7-4-5-9(15)10(6-7)17(18)19/h1-6,16H,15H2. The fraction of sp³-hybridized carbons (Fsp3) is 0. The Balaban J connectivity index is 2.43. The van der Waals surface area contributed by atoms with Gasteiger partial charge in [-0.3, -0.25) is 14.8 Å². The van der Waals surface area contributed by atoms with Crippen LogP contribution in [0.15, 0.2) is 41.3 Å². The highest BCUT2D eigenvalue weighted by Crippen LogP contribution is 2.28. The minimum Gasteiger partial charge on any atom is -0.393 e. The molecule has 0 saturated carbocycles. The third kappa shape index (κ3) is 3.10. The van der Waals surface area contributed by atoms with Crippen LogP contribution in [0.1, 0.15) is 0 Å². The number of rotatable bonds is 4. The summed E-state index contributed by atoms with van der Waals surface area (Å²) in [5, 5.41) is 10.4. The molecule has 2 aromatic carbocycles. The Labute approximate surface area is 129 Å².